The summed E-state index contributed by atoms with van der Waals surface area (Å²) in [6.45, 7) is 0.404. The van der Waals surface area contributed by atoms with Gasteiger partial charge in [0, 0.05) is 7.11 Å². The summed E-state index contributed by atoms with van der Waals surface area (Å²) in [6, 6.07) is 13.5. The van der Waals surface area contributed by atoms with Gasteiger partial charge in [0.05, 0.1) is 17.2 Å². The molecule has 0 aromatic heterocycles. The average molecular weight is 379 g/mol. The van der Waals surface area contributed by atoms with Gasteiger partial charge in [-0.3, -0.25) is 20.4 Å². The molecule has 0 saturated carbocycles. The normalized spacial score (nSPS) is 10.1. The van der Waals surface area contributed by atoms with Crippen LogP contribution in [0.1, 0.15) is 10.4 Å². The first-order valence-corrected chi connectivity index (χ1v) is 8.17. The molecule has 0 atom stereocenters. The van der Waals surface area contributed by atoms with E-state index >= 15 is 0 Å². The highest BCUT2D eigenvalue weighted by Crippen LogP contribution is 2.22. The van der Waals surface area contributed by atoms with E-state index in [0.29, 0.717) is 29.7 Å². The third-order valence-corrected chi connectivity index (χ3v) is 3.50. The Morgan fingerprint density at radius 1 is 0.923 bits per heavy atom. The molecule has 2 N–H and O–H groups in total. The number of carbonyl (C=O) groups is 2. The number of halogens is 1. The molecule has 0 heterocycles. The Kier molecular flexibility index (Phi) is 7.73. The fourth-order valence-electron chi connectivity index (χ4n) is 1.95. The molecule has 0 saturated heterocycles. The predicted molar refractivity (Wildman–Crippen MR) is 96.4 cm³/mol. The zero-order chi connectivity index (χ0) is 18.8. The molecule has 0 unspecified atom stereocenters. The lowest BCUT2D eigenvalue weighted by Crippen LogP contribution is -2.44. The molecule has 0 aliphatic heterocycles. The molecule has 0 radical (unpaired) electrons. The minimum absolute atomic E-state index is 0.288. The Bertz CT molecular complexity index is 754. The van der Waals surface area contributed by atoms with Crippen molar-refractivity contribution in [3.63, 3.8) is 0 Å². The quantitative estimate of drug-likeness (QED) is 0.543. The van der Waals surface area contributed by atoms with Crippen LogP contribution in [0.2, 0.25) is 5.02 Å². The van der Waals surface area contributed by atoms with Gasteiger partial charge < -0.3 is 14.2 Å². The van der Waals surface area contributed by atoms with Crippen molar-refractivity contribution in [1.29, 1.82) is 0 Å². The Labute approximate surface area is 156 Å². The third-order valence-electron chi connectivity index (χ3n) is 3.19. The number of methoxy groups -OCH3 is 1. The summed E-state index contributed by atoms with van der Waals surface area (Å²) in [4.78, 5) is 24.0. The van der Waals surface area contributed by atoms with Gasteiger partial charge >= 0.3 is 0 Å². The summed E-state index contributed by atoms with van der Waals surface area (Å²) in [5, 5.41) is 0.395. The lowest BCUT2D eigenvalue weighted by Gasteiger charge is -2.12. The van der Waals surface area contributed by atoms with Crippen LogP contribution in [0.15, 0.2) is 48.5 Å². The second-order valence-corrected chi connectivity index (χ2v) is 5.47. The van der Waals surface area contributed by atoms with Gasteiger partial charge in [0.1, 0.15) is 18.1 Å². The van der Waals surface area contributed by atoms with Crippen molar-refractivity contribution in [3.8, 4) is 11.5 Å². The molecule has 2 amide bonds. The maximum atomic E-state index is 12.2. The number of ether oxygens (including phenoxy) is 3. The first-order valence-electron chi connectivity index (χ1n) is 7.79. The van der Waals surface area contributed by atoms with Crippen LogP contribution in [0.25, 0.3) is 0 Å². The molecule has 2 rings (SSSR count). The van der Waals surface area contributed by atoms with E-state index in [-0.39, 0.29) is 12.2 Å². The molecule has 0 spiro atoms. The summed E-state index contributed by atoms with van der Waals surface area (Å²) in [5.41, 5.74) is 4.88. The molecular formula is C18H19ClN2O5. The van der Waals surface area contributed by atoms with Gasteiger partial charge in [-0.25, -0.2) is 0 Å². The molecule has 26 heavy (non-hydrogen) atoms. The van der Waals surface area contributed by atoms with Crippen molar-refractivity contribution in [2.24, 2.45) is 0 Å². The second-order valence-electron chi connectivity index (χ2n) is 5.06. The summed E-state index contributed by atoms with van der Waals surface area (Å²) in [7, 11) is 1.56. The maximum Gasteiger partial charge on any atom is 0.276 e. The van der Waals surface area contributed by atoms with Crippen LogP contribution in [-0.4, -0.2) is 38.7 Å². The van der Waals surface area contributed by atoms with Gasteiger partial charge in [-0.2, -0.15) is 0 Å². The highest BCUT2D eigenvalue weighted by atomic mass is 35.5. The number of para-hydroxylation sites is 2. The summed E-state index contributed by atoms with van der Waals surface area (Å²) in [6.07, 6.45) is 0. The second kappa shape index (κ2) is 10.3. The van der Waals surface area contributed by atoms with Gasteiger partial charge in [0.2, 0.25) is 0 Å². The van der Waals surface area contributed by atoms with E-state index in [2.05, 4.69) is 10.9 Å². The lowest BCUT2D eigenvalue weighted by atomic mass is 10.2. The molecule has 0 fully saturated rings. The molecule has 7 nitrogen and oxygen atoms in total. The topological polar surface area (TPSA) is 85.9 Å². The fourth-order valence-corrected chi connectivity index (χ4v) is 2.14. The lowest BCUT2D eigenvalue weighted by molar-refractivity contribution is -0.123. The molecule has 138 valence electrons. The summed E-state index contributed by atoms with van der Waals surface area (Å²) in [5.74, 6) is -0.267. The number of hydrogen-bond donors (Lipinski definition) is 2. The SMILES string of the molecule is COCCOc1ccccc1C(=O)NNC(=O)COc1ccccc1Cl. The van der Waals surface area contributed by atoms with Crippen LogP contribution >= 0.6 is 11.6 Å². The van der Waals surface area contributed by atoms with Gasteiger partial charge in [0.15, 0.2) is 6.61 Å². The first-order chi connectivity index (χ1) is 12.6. The van der Waals surface area contributed by atoms with Crippen molar-refractivity contribution < 1.29 is 23.8 Å². The average Bonchev–Trinajstić information content (AvgIpc) is 2.66. The van der Waals surface area contributed by atoms with Gasteiger partial charge in [-0.1, -0.05) is 35.9 Å². The first kappa shape index (κ1) is 19.6. The zero-order valence-electron chi connectivity index (χ0n) is 14.2. The minimum Gasteiger partial charge on any atom is -0.490 e. The molecule has 0 aliphatic rings. The molecular weight excluding hydrogens is 360 g/mol. The van der Waals surface area contributed by atoms with E-state index in [1.165, 1.54) is 0 Å². The Morgan fingerprint density at radius 2 is 1.62 bits per heavy atom. The summed E-state index contributed by atoms with van der Waals surface area (Å²) < 4.78 is 15.7. The fraction of sp³-hybridized carbons (Fsp3) is 0.222. The van der Waals surface area contributed by atoms with E-state index in [1.54, 1.807) is 55.6 Å². The van der Waals surface area contributed by atoms with E-state index in [9.17, 15) is 9.59 Å². The number of amides is 2. The Morgan fingerprint density at radius 3 is 2.35 bits per heavy atom. The molecule has 8 heteroatoms. The number of carbonyl (C=O) groups excluding carboxylic acids is 2. The molecule has 2 aromatic carbocycles. The van der Waals surface area contributed by atoms with E-state index in [0.717, 1.165) is 0 Å². The molecule has 0 aliphatic carbocycles. The molecule has 2 aromatic rings. The van der Waals surface area contributed by atoms with Gasteiger partial charge in [-0.05, 0) is 24.3 Å². The number of nitrogens with one attached hydrogen (secondary N) is 2. The van der Waals surface area contributed by atoms with Gasteiger partial charge in [0.25, 0.3) is 11.8 Å². The predicted octanol–water partition coefficient (Wildman–Crippen LogP) is 2.21. The standard InChI is InChI=1S/C18H19ClN2O5/c1-24-10-11-25-15-8-4-2-6-13(15)18(23)21-20-17(22)12-26-16-9-5-3-7-14(16)19/h2-9H,10-12H2,1H3,(H,20,22)(H,21,23). The minimum atomic E-state index is -0.531. The van der Waals surface area contributed by atoms with Crippen molar-refractivity contribution in [3.05, 3.63) is 59.1 Å². The van der Waals surface area contributed by atoms with Crippen LogP contribution < -0.4 is 20.3 Å². The van der Waals surface area contributed by atoms with Crippen molar-refractivity contribution in [1.82, 2.24) is 10.9 Å². The number of benzene rings is 2. The smallest absolute Gasteiger partial charge is 0.276 e. The van der Waals surface area contributed by atoms with Crippen LogP contribution in [-0.2, 0) is 9.53 Å². The largest absolute Gasteiger partial charge is 0.490 e. The van der Waals surface area contributed by atoms with Crippen LogP contribution in [0.4, 0.5) is 0 Å². The van der Waals surface area contributed by atoms with Crippen LogP contribution in [0.3, 0.4) is 0 Å². The van der Waals surface area contributed by atoms with E-state index < -0.39 is 11.8 Å². The summed E-state index contributed by atoms with van der Waals surface area (Å²) >= 11 is 5.94. The third kappa shape index (κ3) is 5.94. The van der Waals surface area contributed by atoms with Crippen molar-refractivity contribution in [2.75, 3.05) is 26.9 Å². The highest BCUT2D eigenvalue weighted by molar-refractivity contribution is 6.32. The molecule has 0 bridgehead atoms. The highest BCUT2D eigenvalue weighted by Gasteiger charge is 2.13. The number of rotatable bonds is 8. The van der Waals surface area contributed by atoms with Crippen molar-refractivity contribution >= 4 is 23.4 Å². The van der Waals surface area contributed by atoms with Crippen molar-refractivity contribution in [2.45, 2.75) is 0 Å². The maximum absolute atomic E-state index is 12.2. The van der Waals surface area contributed by atoms with E-state index in [4.69, 9.17) is 25.8 Å². The number of hydrogen-bond acceptors (Lipinski definition) is 5. The van der Waals surface area contributed by atoms with Crippen LogP contribution in [0, 0.1) is 0 Å². The Balaban J connectivity index is 1.84. The van der Waals surface area contributed by atoms with Gasteiger partial charge in [-0.15, -0.1) is 0 Å². The van der Waals surface area contributed by atoms with Crippen LogP contribution in [0.5, 0.6) is 11.5 Å². The van der Waals surface area contributed by atoms with E-state index in [1.807, 2.05) is 0 Å². The number of hydrazine groups is 1. The monoisotopic (exact) mass is 378 g/mol. The Hall–Kier alpha value is -2.77. The zero-order valence-corrected chi connectivity index (χ0v) is 14.9.